The van der Waals surface area contributed by atoms with Gasteiger partial charge in [0, 0.05) is 31.3 Å². The Morgan fingerprint density at radius 1 is 1.18 bits per heavy atom. The molecule has 1 N–H and O–H groups in total. The summed E-state index contributed by atoms with van der Waals surface area (Å²) in [5, 5.41) is 7.96. The minimum atomic E-state index is -1.15. The lowest BCUT2D eigenvalue weighted by Gasteiger charge is -2.17. The first-order chi connectivity index (χ1) is 8.01. The highest BCUT2D eigenvalue weighted by molar-refractivity contribution is 8.14. The molecule has 0 heterocycles. The maximum absolute atomic E-state index is 11.5. The molecule has 6 heteroatoms. The Kier molecular flexibility index (Phi) is 8.13. The zero-order chi connectivity index (χ0) is 13.3. The van der Waals surface area contributed by atoms with Gasteiger partial charge in [-0.1, -0.05) is 11.8 Å². The second kappa shape index (κ2) is 8.81. The molecule has 0 atom stereocenters. The van der Waals surface area contributed by atoms with E-state index in [1.807, 2.05) is 13.8 Å². The van der Waals surface area contributed by atoms with E-state index < -0.39 is 5.97 Å². The molecule has 0 radical (unpaired) electrons. The number of amides is 1. The van der Waals surface area contributed by atoms with Crippen LogP contribution >= 0.6 is 11.8 Å². The summed E-state index contributed by atoms with van der Waals surface area (Å²) in [5.41, 5.74) is 0. The Morgan fingerprint density at radius 2 is 1.76 bits per heavy atom. The lowest BCUT2D eigenvalue weighted by atomic mass is 10.4. The molecule has 0 rings (SSSR count). The average Bonchev–Trinajstić information content (AvgIpc) is 2.28. The number of aliphatic carboxylic acids is 1. The minimum absolute atomic E-state index is 0.0116. The van der Waals surface area contributed by atoms with E-state index in [-0.39, 0.29) is 11.0 Å². The van der Waals surface area contributed by atoms with Crippen LogP contribution in [-0.2, 0) is 14.4 Å². The average molecular weight is 259 g/mol. The van der Waals surface area contributed by atoms with Gasteiger partial charge >= 0.3 is 5.97 Å². The number of carboxylic acids is 1. The summed E-state index contributed by atoms with van der Waals surface area (Å²) in [6, 6.07) is 0. The van der Waals surface area contributed by atoms with E-state index in [9.17, 15) is 14.4 Å². The van der Waals surface area contributed by atoms with Crippen LogP contribution in [0.3, 0.4) is 0 Å². The highest BCUT2D eigenvalue weighted by Crippen LogP contribution is 2.07. The van der Waals surface area contributed by atoms with E-state index in [2.05, 4.69) is 0 Å². The third-order valence-electron chi connectivity index (χ3n) is 2.04. The van der Waals surface area contributed by atoms with Crippen LogP contribution in [0.1, 0.15) is 20.3 Å². The van der Waals surface area contributed by atoms with E-state index in [1.165, 1.54) is 0 Å². The molecule has 0 fully saturated rings. The van der Waals surface area contributed by atoms with Crippen LogP contribution in [0.2, 0.25) is 0 Å². The van der Waals surface area contributed by atoms with Gasteiger partial charge in [0.2, 0.25) is 11.0 Å². The summed E-state index contributed by atoms with van der Waals surface area (Å²) < 4.78 is 0. The largest absolute Gasteiger partial charge is 0.478 e. The molecule has 96 valence electrons. The van der Waals surface area contributed by atoms with Crippen LogP contribution in [0.4, 0.5) is 0 Å². The Labute approximate surface area is 105 Å². The van der Waals surface area contributed by atoms with Crippen molar-refractivity contribution in [1.29, 1.82) is 0 Å². The van der Waals surface area contributed by atoms with Gasteiger partial charge in [0.1, 0.15) is 0 Å². The normalized spacial score (nSPS) is 10.5. The summed E-state index contributed by atoms with van der Waals surface area (Å²) in [6.45, 7) is 5.12. The topological polar surface area (TPSA) is 74.7 Å². The molecule has 0 aliphatic carbocycles. The maximum Gasteiger partial charge on any atom is 0.328 e. The number of carboxylic acid groups (broad SMARTS) is 1. The van der Waals surface area contributed by atoms with Gasteiger partial charge in [0.05, 0.1) is 0 Å². The van der Waals surface area contributed by atoms with Crippen LogP contribution in [0.25, 0.3) is 0 Å². The predicted molar refractivity (Wildman–Crippen MR) is 66.8 cm³/mol. The molecule has 0 aromatic heterocycles. The molecule has 0 aliphatic heterocycles. The summed E-state index contributed by atoms with van der Waals surface area (Å²) >= 11 is 0.949. The molecule has 17 heavy (non-hydrogen) atoms. The van der Waals surface area contributed by atoms with Gasteiger partial charge in [-0.05, 0) is 19.9 Å². The minimum Gasteiger partial charge on any atom is -0.478 e. The second-order valence-electron chi connectivity index (χ2n) is 3.16. The first-order valence-electron chi connectivity index (χ1n) is 5.36. The summed E-state index contributed by atoms with van der Waals surface area (Å²) in [7, 11) is 0. The van der Waals surface area contributed by atoms with Crippen LogP contribution in [0.15, 0.2) is 12.2 Å². The molecule has 0 saturated heterocycles. The van der Waals surface area contributed by atoms with Gasteiger partial charge in [-0.2, -0.15) is 0 Å². The first-order valence-corrected chi connectivity index (χ1v) is 6.35. The van der Waals surface area contributed by atoms with Crippen LogP contribution < -0.4 is 0 Å². The van der Waals surface area contributed by atoms with E-state index >= 15 is 0 Å². The molecule has 0 aromatic carbocycles. The van der Waals surface area contributed by atoms with E-state index in [4.69, 9.17) is 5.11 Å². The van der Waals surface area contributed by atoms with Gasteiger partial charge in [-0.15, -0.1) is 0 Å². The molecular formula is C11H17NO4S. The molecule has 0 unspecified atom stereocenters. The van der Waals surface area contributed by atoms with Crippen molar-refractivity contribution in [2.45, 2.75) is 20.3 Å². The number of carbonyl (C=O) groups is 3. The van der Waals surface area contributed by atoms with Crippen LogP contribution in [0, 0.1) is 0 Å². The Balaban J connectivity index is 3.87. The smallest absolute Gasteiger partial charge is 0.328 e. The fourth-order valence-corrected chi connectivity index (χ4v) is 1.80. The monoisotopic (exact) mass is 259 g/mol. The number of nitrogens with zero attached hydrogens (tertiary/aromatic N) is 1. The molecular weight excluding hydrogens is 242 g/mol. The third-order valence-corrected chi connectivity index (χ3v) is 2.87. The quantitative estimate of drug-likeness (QED) is 0.694. The fraction of sp³-hybridized carbons (Fsp3) is 0.545. The van der Waals surface area contributed by atoms with Crippen molar-refractivity contribution in [3.05, 3.63) is 12.2 Å². The Bertz CT molecular complexity index is 311. The van der Waals surface area contributed by atoms with Gasteiger partial charge in [-0.25, -0.2) is 4.79 Å². The molecule has 1 amide bonds. The molecule has 0 aliphatic rings. The van der Waals surface area contributed by atoms with Crippen molar-refractivity contribution in [3.8, 4) is 0 Å². The fourth-order valence-electron chi connectivity index (χ4n) is 1.16. The lowest BCUT2D eigenvalue weighted by Crippen LogP contribution is -2.30. The highest BCUT2D eigenvalue weighted by atomic mass is 32.2. The van der Waals surface area contributed by atoms with Gasteiger partial charge < -0.3 is 10.0 Å². The number of rotatable bonds is 7. The van der Waals surface area contributed by atoms with Crippen molar-refractivity contribution in [2.24, 2.45) is 0 Å². The van der Waals surface area contributed by atoms with E-state index in [1.54, 1.807) is 4.90 Å². The van der Waals surface area contributed by atoms with Crippen molar-refractivity contribution in [3.63, 3.8) is 0 Å². The zero-order valence-corrected chi connectivity index (χ0v) is 10.8. The van der Waals surface area contributed by atoms with Crippen LogP contribution in [-0.4, -0.2) is 45.8 Å². The van der Waals surface area contributed by atoms with Crippen molar-refractivity contribution in [1.82, 2.24) is 4.90 Å². The second-order valence-corrected chi connectivity index (χ2v) is 4.25. The summed E-state index contributed by atoms with van der Waals surface area (Å²) in [6.07, 6.45) is 2.08. The number of hydrogen-bond acceptors (Lipinski definition) is 4. The summed E-state index contributed by atoms with van der Waals surface area (Å²) in [5.74, 6) is -0.770. The highest BCUT2D eigenvalue weighted by Gasteiger charge is 2.09. The number of carbonyl (C=O) groups excluding carboxylic acids is 2. The van der Waals surface area contributed by atoms with E-state index in [0.717, 1.165) is 23.9 Å². The SMILES string of the molecule is CCN(CC)C(=O)CCSC(=O)/C=C/C(=O)O. The predicted octanol–water partition coefficient (Wildman–Crippen LogP) is 1.15. The zero-order valence-electron chi connectivity index (χ0n) is 10.0. The molecule has 0 spiro atoms. The summed E-state index contributed by atoms with van der Waals surface area (Å²) in [4.78, 5) is 34.5. The lowest BCUT2D eigenvalue weighted by molar-refractivity contribution is -0.132. The van der Waals surface area contributed by atoms with Gasteiger partial charge in [0.15, 0.2) is 0 Å². The van der Waals surface area contributed by atoms with Crippen molar-refractivity contribution in [2.75, 3.05) is 18.8 Å². The number of hydrogen-bond donors (Lipinski definition) is 1. The Morgan fingerprint density at radius 3 is 2.24 bits per heavy atom. The van der Waals surface area contributed by atoms with Crippen molar-refractivity contribution < 1.29 is 19.5 Å². The van der Waals surface area contributed by atoms with Gasteiger partial charge in [-0.3, -0.25) is 9.59 Å². The van der Waals surface area contributed by atoms with Gasteiger partial charge in [0.25, 0.3) is 0 Å². The third kappa shape index (κ3) is 7.57. The molecule has 0 aromatic rings. The number of thioether (sulfide) groups is 1. The Hall–Kier alpha value is -1.30. The standard InChI is InChI=1S/C11H17NO4S/c1-3-12(4-2)9(13)7-8-17-11(16)6-5-10(14)15/h5-6H,3-4,7-8H2,1-2H3,(H,14,15)/b6-5+. The molecule has 0 bridgehead atoms. The maximum atomic E-state index is 11.5. The van der Waals surface area contributed by atoms with Crippen molar-refractivity contribution >= 4 is 28.8 Å². The van der Waals surface area contributed by atoms with E-state index in [0.29, 0.717) is 25.3 Å². The molecule has 5 nitrogen and oxygen atoms in total. The molecule has 0 saturated carbocycles. The van der Waals surface area contributed by atoms with Crippen LogP contribution in [0.5, 0.6) is 0 Å². The first kappa shape index (κ1) is 15.7.